The topological polar surface area (TPSA) is 88.5 Å². The van der Waals surface area contributed by atoms with Gasteiger partial charge >= 0.3 is 29.6 Å². The van der Waals surface area contributed by atoms with Crippen molar-refractivity contribution in [2.45, 2.75) is 11.7 Å². The molecule has 0 amide bonds. The zero-order valence-electron chi connectivity index (χ0n) is 8.08. The average Bonchev–Trinajstić information content (AvgIpc) is 2.15. The summed E-state index contributed by atoms with van der Waals surface area (Å²) >= 11 is 0. The number of ketones is 2. The van der Waals surface area contributed by atoms with Crippen molar-refractivity contribution in [1.82, 2.24) is 0 Å². The molecule has 0 fully saturated rings. The van der Waals surface area contributed by atoms with Crippen molar-refractivity contribution in [1.29, 1.82) is 0 Å². The summed E-state index contributed by atoms with van der Waals surface area (Å²) in [5.41, 5.74) is 0.246. The first kappa shape index (κ1) is 14.5. The molecule has 0 aliphatic heterocycles. The van der Waals surface area contributed by atoms with Crippen LogP contribution in [-0.2, 0) is 14.9 Å². The summed E-state index contributed by atoms with van der Waals surface area (Å²) in [4.78, 5) is 22.9. The summed E-state index contributed by atoms with van der Waals surface area (Å²) in [5, 5.41) is -1.62. The molecule has 1 unspecified atom stereocenters. The molecule has 1 aliphatic rings. The van der Waals surface area contributed by atoms with E-state index < -0.39 is 33.4 Å². The van der Waals surface area contributed by atoms with Gasteiger partial charge in [0.05, 0.1) is 6.42 Å². The molecule has 1 aromatic rings. The van der Waals surface area contributed by atoms with Gasteiger partial charge in [0.25, 0.3) is 10.1 Å². The molecule has 0 bridgehead atoms. The number of benzene rings is 1. The van der Waals surface area contributed by atoms with E-state index in [0.29, 0.717) is 0 Å². The van der Waals surface area contributed by atoms with Gasteiger partial charge in [-0.05, 0) is 5.56 Å². The molecule has 0 aromatic heterocycles. The Kier molecular flexibility index (Phi) is 4.27. The summed E-state index contributed by atoms with van der Waals surface area (Å²) in [6.07, 6.45) is -0.485. The van der Waals surface area contributed by atoms with Crippen molar-refractivity contribution in [3.05, 3.63) is 35.4 Å². The van der Waals surface area contributed by atoms with Gasteiger partial charge in [-0.25, -0.2) is 0 Å². The van der Waals surface area contributed by atoms with Gasteiger partial charge in [0.2, 0.25) is 0 Å². The molecule has 7 heteroatoms. The quantitative estimate of drug-likeness (QED) is 0.442. The number of carbonyl (C=O) groups is 2. The van der Waals surface area contributed by atoms with Crippen molar-refractivity contribution < 1.29 is 22.6 Å². The van der Waals surface area contributed by atoms with E-state index in [1.165, 1.54) is 18.2 Å². The maximum atomic E-state index is 11.5. The van der Waals surface area contributed by atoms with Gasteiger partial charge in [0.15, 0.2) is 16.8 Å². The van der Waals surface area contributed by atoms with Gasteiger partial charge in [-0.15, -0.1) is 0 Å². The summed E-state index contributed by atoms with van der Waals surface area (Å²) < 4.78 is 31.2. The second-order valence-corrected chi connectivity index (χ2v) is 5.05. The minimum absolute atomic E-state index is 0. The van der Waals surface area contributed by atoms with Crippen molar-refractivity contribution >= 4 is 51.2 Å². The molecular weight excluding hydrogens is 255 g/mol. The van der Waals surface area contributed by atoms with Crippen LogP contribution in [0.3, 0.4) is 0 Å². The Morgan fingerprint density at radius 3 is 2.35 bits per heavy atom. The number of Topliss-reactive ketones (excluding diaryl/α,β-unsaturated/α-hetero) is 2. The number of carbonyl (C=O) groups excluding carboxylic acids is 2. The van der Waals surface area contributed by atoms with E-state index in [9.17, 15) is 18.0 Å². The SMILES string of the molecule is O=C1CC(=O)C(S(=O)(=O)O)c2ccccc21.[NaH]. The summed E-state index contributed by atoms with van der Waals surface area (Å²) in [6.45, 7) is 0. The van der Waals surface area contributed by atoms with Crippen LogP contribution in [0, 0.1) is 0 Å². The Morgan fingerprint density at radius 1 is 1.18 bits per heavy atom. The van der Waals surface area contributed by atoms with Gasteiger partial charge in [-0.3, -0.25) is 14.1 Å². The molecule has 17 heavy (non-hydrogen) atoms. The summed E-state index contributed by atoms with van der Waals surface area (Å²) in [7, 11) is -4.51. The molecule has 1 N–H and O–H groups in total. The van der Waals surface area contributed by atoms with E-state index in [1.807, 2.05) is 0 Å². The van der Waals surface area contributed by atoms with E-state index in [-0.39, 0.29) is 40.7 Å². The van der Waals surface area contributed by atoms with Crippen molar-refractivity contribution in [3.63, 3.8) is 0 Å². The third-order valence-corrected chi connectivity index (χ3v) is 3.58. The van der Waals surface area contributed by atoms with Crippen molar-refractivity contribution in [3.8, 4) is 0 Å². The maximum absolute atomic E-state index is 11.5. The predicted octanol–water partition coefficient (Wildman–Crippen LogP) is 0.123. The van der Waals surface area contributed by atoms with Crippen LogP contribution in [0.5, 0.6) is 0 Å². The fraction of sp³-hybridized carbons (Fsp3) is 0.200. The van der Waals surface area contributed by atoms with Gasteiger partial charge in [-0.2, -0.15) is 8.42 Å². The standard InChI is InChI=1S/C10H8O5S.Na.H/c11-8-5-9(12)10(16(13,14)15)7-4-2-1-3-6(7)8;;/h1-4,10H,5H2,(H,13,14,15);;. The van der Waals surface area contributed by atoms with E-state index in [2.05, 4.69) is 0 Å². The Bertz CT molecular complexity index is 578. The second kappa shape index (κ2) is 4.99. The third kappa shape index (κ3) is 2.66. The molecule has 0 saturated carbocycles. The first-order chi connectivity index (χ1) is 7.41. The zero-order valence-corrected chi connectivity index (χ0v) is 8.90. The normalized spacial score (nSPS) is 19.5. The molecule has 1 aromatic carbocycles. The van der Waals surface area contributed by atoms with E-state index >= 15 is 0 Å². The van der Waals surface area contributed by atoms with E-state index in [0.717, 1.165) is 0 Å². The monoisotopic (exact) mass is 264 g/mol. The first-order valence-electron chi connectivity index (χ1n) is 4.52. The molecular formula is C10H9NaO5S. The van der Waals surface area contributed by atoms with Crippen LogP contribution >= 0.6 is 0 Å². The summed E-state index contributed by atoms with van der Waals surface area (Å²) in [6, 6.07) is 5.90. The van der Waals surface area contributed by atoms with Crippen LogP contribution in [0.1, 0.15) is 27.6 Å². The van der Waals surface area contributed by atoms with Crippen LogP contribution < -0.4 is 0 Å². The van der Waals surface area contributed by atoms with E-state index in [1.54, 1.807) is 6.07 Å². The second-order valence-electron chi connectivity index (χ2n) is 3.55. The molecule has 5 nitrogen and oxygen atoms in total. The van der Waals surface area contributed by atoms with Gasteiger partial charge in [0, 0.05) is 5.56 Å². The minimum atomic E-state index is -4.51. The fourth-order valence-electron chi connectivity index (χ4n) is 1.83. The zero-order chi connectivity index (χ0) is 11.9. The molecule has 0 heterocycles. The van der Waals surface area contributed by atoms with Crippen molar-refractivity contribution in [2.75, 3.05) is 0 Å². The Balaban J connectivity index is 0.00000144. The Morgan fingerprint density at radius 2 is 1.76 bits per heavy atom. The first-order valence-corrected chi connectivity index (χ1v) is 6.02. The molecule has 1 atom stereocenters. The molecule has 0 spiro atoms. The van der Waals surface area contributed by atoms with Crippen LogP contribution in [-0.4, -0.2) is 54.1 Å². The average molecular weight is 264 g/mol. The molecule has 0 radical (unpaired) electrons. The Labute approximate surface area is 120 Å². The number of rotatable bonds is 1. The Hall–Kier alpha value is -0.530. The van der Waals surface area contributed by atoms with Crippen LogP contribution in [0.25, 0.3) is 0 Å². The van der Waals surface area contributed by atoms with Gasteiger partial charge in [-0.1, -0.05) is 24.3 Å². The van der Waals surface area contributed by atoms with Gasteiger partial charge in [0.1, 0.15) is 0 Å². The van der Waals surface area contributed by atoms with Crippen LogP contribution in [0.15, 0.2) is 24.3 Å². The molecule has 2 rings (SSSR count). The third-order valence-electron chi connectivity index (χ3n) is 2.47. The van der Waals surface area contributed by atoms with Crippen LogP contribution in [0.2, 0.25) is 0 Å². The molecule has 0 saturated heterocycles. The number of hydrogen-bond donors (Lipinski definition) is 1. The van der Waals surface area contributed by atoms with Gasteiger partial charge < -0.3 is 0 Å². The fourth-order valence-corrected chi connectivity index (χ4v) is 2.77. The molecule has 86 valence electrons. The number of hydrogen-bond acceptors (Lipinski definition) is 4. The van der Waals surface area contributed by atoms with Crippen LogP contribution in [0.4, 0.5) is 0 Å². The number of fused-ring (bicyclic) bond motifs is 1. The van der Waals surface area contributed by atoms with E-state index in [4.69, 9.17) is 4.55 Å². The predicted molar refractivity (Wildman–Crippen MR) is 61.8 cm³/mol. The van der Waals surface area contributed by atoms with Crippen molar-refractivity contribution in [2.24, 2.45) is 0 Å². The molecule has 1 aliphatic carbocycles. The summed E-state index contributed by atoms with van der Waals surface area (Å²) in [5.74, 6) is -1.20.